The topological polar surface area (TPSA) is 120 Å². The van der Waals surface area contributed by atoms with Gasteiger partial charge < -0.3 is 15.3 Å². The summed E-state index contributed by atoms with van der Waals surface area (Å²) in [6.45, 7) is 0.881. The van der Waals surface area contributed by atoms with Crippen LogP contribution in [-0.4, -0.2) is 48.9 Å². The number of anilines is 2. The molecule has 9 nitrogen and oxygen atoms in total. The van der Waals surface area contributed by atoms with Gasteiger partial charge in [-0.3, -0.25) is 0 Å². The number of para-hydroxylation sites is 1. The first-order chi connectivity index (χ1) is 15.9. The lowest BCUT2D eigenvalue weighted by molar-refractivity contribution is 0.105. The van der Waals surface area contributed by atoms with E-state index < -0.39 is 11.9 Å². The first-order valence-corrected chi connectivity index (χ1v) is 10.3. The molecule has 0 bridgehead atoms. The summed E-state index contributed by atoms with van der Waals surface area (Å²) in [7, 11) is 0. The molecule has 11 heteroatoms. The number of amides is 1. The van der Waals surface area contributed by atoms with E-state index in [1.54, 1.807) is 36.7 Å². The summed E-state index contributed by atoms with van der Waals surface area (Å²) >= 11 is 6.28. The van der Waals surface area contributed by atoms with Crippen LogP contribution >= 0.6 is 11.6 Å². The lowest BCUT2D eigenvalue weighted by atomic mass is 9.93. The maximum atomic E-state index is 14.5. The predicted octanol–water partition coefficient (Wildman–Crippen LogP) is 4.30. The lowest BCUT2D eigenvalue weighted by Crippen LogP contribution is -2.47. The van der Waals surface area contributed by atoms with Gasteiger partial charge in [0.1, 0.15) is 28.9 Å². The van der Waals surface area contributed by atoms with E-state index >= 15 is 0 Å². The minimum atomic E-state index is -0.928. The molecular formula is C22H15ClFN7O2. The quantitative estimate of drug-likeness (QED) is 0.463. The van der Waals surface area contributed by atoms with Crippen LogP contribution < -0.4 is 5.32 Å². The molecule has 1 amide bonds. The van der Waals surface area contributed by atoms with E-state index in [2.05, 4.69) is 26.5 Å². The van der Waals surface area contributed by atoms with Gasteiger partial charge in [0.15, 0.2) is 5.82 Å². The molecule has 0 unspecified atom stereocenters. The fourth-order valence-electron chi connectivity index (χ4n) is 3.72. The summed E-state index contributed by atoms with van der Waals surface area (Å²) in [5, 5.41) is 26.4. The number of halogens is 2. The zero-order valence-corrected chi connectivity index (χ0v) is 17.7. The highest BCUT2D eigenvalue weighted by Gasteiger charge is 2.31. The van der Waals surface area contributed by atoms with Gasteiger partial charge in [-0.05, 0) is 23.8 Å². The molecule has 0 radical (unpaired) electrons. The molecule has 0 atom stereocenters. The Kier molecular flexibility index (Phi) is 5.03. The van der Waals surface area contributed by atoms with Gasteiger partial charge in [-0.25, -0.2) is 23.8 Å². The van der Waals surface area contributed by atoms with E-state index in [1.807, 2.05) is 6.07 Å². The minimum absolute atomic E-state index is 0.0659. The number of carbonyl (C=O) groups is 1. The van der Waals surface area contributed by atoms with E-state index in [0.717, 1.165) is 11.8 Å². The minimum Gasteiger partial charge on any atom is -0.465 e. The fraction of sp³-hybridized carbons (Fsp3) is 0.136. The van der Waals surface area contributed by atoms with Crippen LogP contribution in [-0.2, 0) is 0 Å². The summed E-state index contributed by atoms with van der Waals surface area (Å²) in [5.74, 6) is 0.318. The SMILES string of the molecule is N#Cc1cccc(Cl)c1-n1cc2c(Nc3ccc(C4CN(C(=O)O)C4)cn3)ncc(F)c2n1. The third-order valence-electron chi connectivity index (χ3n) is 5.50. The largest absolute Gasteiger partial charge is 0.465 e. The first-order valence-electron chi connectivity index (χ1n) is 9.88. The van der Waals surface area contributed by atoms with Crippen molar-refractivity contribution < 1.29 is 14.3 Å². The maximum Gasteiger partial charge on any atom is 0.407 e. The van der Waals surface area contributed by atoms with Crippen molar-refractivity contribution in [3.8, 4) is 11.8 Å². The van der Waals surface area contributed by atoms with Crippen molar-refractivity contribution in [3.05, 3.63) is 70.9 Å². The Bertz CT molecular complexity index is 1430. The van der Waals surface area contributed by atoms with Crippen LogP contribution in [0.25, 0.3) is 16.6 Å². The molecule has 164 valence electrons. The van der Waals surface area contributed by atoms with Gasteiger partial charge in [0.05, 0.1) is 22.2 Å². The molecule has 33 heavy (non-hydrogen) atoms. The van der Waals surface area contributed by atoms with Crippen LogP contribution in [0.15, 0.2) is 48.9 Å². The Balaban J connectivity index is 1.45. The number of aromatic nitrogens is 4. The van der Waals surface area contributed by atoms with Crippen LogP contribution in [0.5, 0.6) is 0 Å². The van der Waals surface area contributed by atoms with Crippen LogP contribution in [0.3, 0.4) is 0 Å². The highest BCUT2D eigenvalue weighted by molar-refractivity contribution is 6.32. The average Bonchev–Trinajstić information content (AvgIpc) is 3.21. The molecule has 0 aliphatic carbocycles. The second-order valence-electron chi connectivity index (χ2n) is 7.52. The molecule has 4 aromatic rings. The normalized spacial score (nSPS) is 13.5. The number of fused-ring (bicyclic) bond motifs is 1. The second kappa shape index (κ2) is 8.03. The molecule has 3 aromatic heterocycles. The van der Waals surface area contributed by atoms with Crippen molar-refractivity contribution in [2.24, 2.45) is 0 Å². The summed E-state index contributed by atoms with van der Waals surface area (Å²) in [6, 6.07) is 10.6. The number of hydrogen-bond acceptors (Lipinski definition) is 6. The number of rotatable bonds is 4. The molecule has 2 N–H and O–H groups in total. The van der Waals surface area contributed by atoms with Gasteiger partial charge in [-0.15, -0.1) is 0 Å². The van der Waals surface area contributed by atoms with E-state index in [-0.39, 0.29) is 11.4 Å². The third-order valence-corrected chi connectivity index (χ3v) is 5.80. The van der Waals surface area contributed by atoms with Gasteiger partial charge in [0.2, 0.25) is 0 Å². The summed E-state index contributed by atoms with van der Waals surface area (Å²) in [5.41, 5.74) is 1.65. The van der Waals surface area contributed by atoms with Crippen LogP contribution in [0.1, 0.15) is 17.0 Å². The van der Waals surface area contributed by atoms with Crippen molar-refractivity contribution >= 4 is 40.2 Å². The first kappa shape index (κ1) is 20.7. The molecule has 1 fully saturated rings. The molecule has 0 saturated carbocycles. The predicted molar refractivity (Wildman–Crippen MR) is 118 cm³/mol. The molecule has 1 aromatic carbocycles. The lowest BCUT2D eigenvalue weighted by Gasteiger charge is -2.37. The smallest absolute Gasteiger partial charge is 0.407 e. The Morgan fingerprint density at radius 2 is 2.06 bits per heavy atom. The van der Waals surface area contributed by atoms with Crippen LogP contribution in [0, 0.1) is 17.1 Å². The zero-order chi connectivity index (χ0) is 23.1. The van der Waals surface area contributed by atoms with Crippen LogP contribution in [0.2, 0.25) is 5.02 Å². The monoisotopic (exact) mass is 463 g/mol. The van der Waals surface area contributed by atoms with Crippen molar-refractivity contribution in [1.29, 1.82) is 5.26 Å². The van der Waals surface area contributed by atoms with E-state index in [9.17, 15) is 14.4 Å². The molecular weight excluding hydrogens is 449 g/mol. The number of benzene rings is 1. The molecule has 1 aliphatic heterocycles. The van der Waals surface area contributed by atoms with E-state index in [4.69, 9.17) is 16.7 Å². The van der Waals surface area contributed by atoms with Gasteiger partial charge in [0.25, 0.3) is 0 Å². The molecule has 4 heterocycles. The second-order valence-corrected chi connectivity index (χ2v) is 7.93. The standard InChI is InChI=1S/C22H15ClFN7O2/c23-16-3-1-2-12(6-25)20(16)31-11-15-19(29-31)17(24)8-27-21(15)28-18-5-4-13(7-26-18)14-9-30(10-14)22(32)33/h1-5,7-8,11,14H,9-10H2,(H,32,33)(H,26,27,28). The summed E-state index contributed by atoms with van der Waals surface area (Å²) in [4.78, 5) is 20.8. The number of hydrogen-bond donors (Lipinski definition) is 2. The molecule has 5 rings (SSSR count). The number of nitriles is 1. The Labute approximate surface area is 191 Å². The summed E-state index contributed by atoms with van der Waals surface area (Å²) < 4.78 is 15.8. The highest BCUT2D eigenvalue weighted by atomic mass is 35.5. The van der Waals surface area contributed by atoms with Gasteiger partial charge in [-0.1, -0.05) is 23.7 Å². The zero-order valence-electron chi connectivity index (χ0n) is 16.9. The van der Waals surface area contributed by atoms with Gasteiger partial charge in [-0.2, -0.15) is 10.4 Å². The number of nitrogens with zero attached hydrogens (tertiary/aromatic N) is 6. The number of carboxylic acid groups (broad SMARTS) is 1. The van der Waals surface area contributed by atoms with Crippen molar-refractivity contribution in [2.45, 2.75) is 5.92 Å². The van der Waals surface area contributed by atoms with E-state index in [1.165, 1.54) is 9.58 Å². The molecule has 1 aliphatic rings. The maximum absolute atomic E-state index is 14.5. The van der Waals surface area contributed by atoms with Crippen molar-refractivity contribution in [3.63, 3.8) is 0 Å². The average molecular weight is 464 g/mol. The van der Waals surface area contributed by atoms with Crippen molar-refractivity contribution in [1.82, 2.24) is 24.6 Å². The number of pyridine rings is 2. The van der Waals surface area contributed by atoms with Gasteiger partial charge >= 0.3 is 6.09 Å². The fourth-order valence-corrected chi connectivity index (χ4v) is 3.98. The Morgan fingerprint density at radius 1 is 1.24 bits per heavy atom. The Morgan fingerprint density at radius 3 is 2.76 bits per heavy atom. The number of nitrogens with one attached hydrogen (secondary N) is 1. The molecule has 0 spiro atoms. The van der Waals surface area contributed by atoms with Gasteiger partial charge in [0, 0.05) is 31.4 Å². The van der Waals surface area contributed by atoms with E-state index in [0.29, 0.717) is 46.4 Å². The van der Waals surface area contributed by atoms with Crippen molar-refractivity contribution in [2.75, 3.05) is 18.4 Å². The number of likely N-dealkylation sites (tertiary alicyclic amines) is 1. The Hall–Kier alpha value is -4.23. The molecule has 1 saturated heterocycles. The highest BCUT2D eigenvalue weighted by Crippen LogP contribution is 2.31. The summed E-state index contributed by atoms with van der Waals surface area (Å²) in [6.07, 6.45) is 3.37. The third kappa shape index (κ3) is 3.68. The van der Waals surface area contributed by atoms with Crippen LogP contribution in [0.4, 0.5) is 20.8 Å².